The minimum Gasteiger partial charge on any atom is -0.0990 e. The van der Waals surface area contributed by atoms with Gasteiger partial charge in [-0.05, 0) is 106 Å². The average Bonchev–Trinajstić information content (AvgIpc) is 3.15. The molecule has 5 aromatic carbocycles. The van der Waals surface area contributed by atoms with Crippen molar-refractivity contribution in [3.05, 3.63) is 211 Å². The molecule has 5 rings (SSSR count). The van der Waals surface area contributed by atoms with E-state index in [2.05, 4.69) is 199 Å². The van der Waals surface area contributed by atoms with Gasteiger partial charge in [0.05, 0.1) is 0 Å². The predicted molar refractivity (Wildman–Crippen MR) is 213 cm³/mol. The van der Waals surface area contributed by atoms with Gasteiger partial charge in [0, 0.05) is 0 Å². The smallest absolute Gasteiger partial charge is 0.00990 e. The molecule has 0 aliphatic carbocycles. The Hall–Kier alpha value is -5.72. The van der Waals surface area contributed by atoms with E-state index < -0.39 is 0 Å². The fourth-order valence-corrected chi connectivity index (χ4v) is 6.51. The molecule has 0 saturated heterocycles. The molecule has 0 heteroatoms. The molecule has 0 amide bonds. The molecule has 0 unspecified atom stereocenters. The third-order valence-corrected chi connectivity index (χ3v) is 8.83. The van der Waals surface area contributed by atoms with Crippen molar-refractivity contribution >= 4 is 27.9 Å². The molecule has 5 aromatic rings. The molecular weight excluding hydrogens is 577 g/mol. The normalized spacial score (nSPS) is 13.0. The van der Waals surface area contributed by atoms with E-state index in [0.29, 0.717) is 0 Å². The van der Waals surface area contributed by atoms with Gasteiger partial charge in [0.2, 0.25) is 0 Å². The molecule has 0 atom stereocenters. The molecule has 0 N–H and O–H groups in total. The third-order valence-electron chi connectivity index (χ3n) is 8.83. The van der Waals surface area contributed by atoms with Gasteiger partial charge in [0.15, 0.2) is 0 Å². The van der Waals surface area contributed by atoms with E-state index >= 15 is 0 Å². The second-order valence-corrected chi connectivity index (χ2v) is 11.6. The van der Waals surface area contributed by atoms with Gasteiger partial charge < -0.3 is 0 Å². The van der Waals surface area contributed by atoms with Crippen molar-refractivity contribution in [3.63, 3.8) is 0 Å². The van der Waals surface area contributed by atoms with Crippen LogP contribution >= 0.6 is 0 Å². The summed E-state index contributed by atoms with van der Waals surface area (Å²) < 4.78 is 0. The Kier molecular flexibility index (Phi) is 11.4. The first kappa shape index (κ1) is 33.6. The quantitative estimate of drug-likeness (QED) is 0.129. The Bertz CT molecular complexity index is 2070. The van der Waals surface area contributed by atoms with Crippen LogP contribution in [0.15, 0.2) is 183 Å². The standard InChI is InChI=1S/C48H44/c1-7-23-40(37(10-4)36-25-13-12-14-26-36)44-30-19-20-32-46(44)48-34-22-21-33-47(48)45-31-18-17-28-42(45)38(11-5)41(24-8-2)43-29-16-15-27-39(43)35(6)9-3/h7-34H,1-2H2,3-6H3/b35-9+,37-10-,38-11+,40-23+,41-24+. The van der Waals surface area contributed by atoms with Gasteiger partial charge in [-0.1, -0.05) is 183 Å². The van der Waals surface area contributed by atoms with Crippen LogP contribution in [-0.2, 0) is 0 Å². The largest absolute Gasteiger partial charge is 0.0990 e. The fraction of sp³-hybridized carbons (Fsp3) is 0.0833. The lowest BCUT2D eigenvalue weighted by atomic mass is 9.82. The summed E-state index contributed by atoms with van der Waals surface area (Å²) in [7, 11) is 0. The minimum atomic E-state index is 1.14. The van der Waals surface area contributed by atoms with Crippen LogP contribution in [0.4, 0.5) is 0 Å². The number of benzene rings is 5. The van der Waals surface area contributed by atoms with Crippen molar-refractivity contribution in [1.29, 1.82) is 0 Å². The first-order chi connectivity index (χ1) is 23.6. The highest BCUT2D eigenvalue weighted by Crippen LogP contribution is 2.44. The third kappa shape index (κ3) is 6.99. The molecule has 0 saturated carbocycles. The van der Waals surface area contributed by atoms with Crippen LogP contribution in [0.3, 0.4) is 0 Å². The van der Waals surface area contributed by atoms with E-state index in [-0.39, 0.29) is 0 Å². The van der Waals surface area contributed by atoms with Gasteiger partial charge in [-0.2, -0.15) is 0 Å². The summed E-state index contributed by atoms with van der Waals surface area (Å²) >= 11 is 0. The summed E-state index contributed by atoms with van der Waals surface area (Å²) in [6.07, 6.45) is 14.7. The van der Waals surface area contributed by atoms with Crippen LogP contribution in [0.1, 0.15) is 55.5 Å². The molecule has 0 nitrogen and oxygen atoms in total. The van der Waals surface area contributed by atoms with E-state index in [1.807, 2.05) is 12.2 Å². The number of hydrogen-bond donors (Lipinski definition) is 0. The number of hydrogen-bond acceptors (Lipinski definition) is 0. The molecular formula is C48H44. The number of allylic oxidation sites excluding steroid dienone is 12. The molecule has 0 radical (unpaired) electrons. The summed E-state index contributed by atoms with van der Waals surface area (Å²) in [5.74, 6) is 0. The van der Waals surface area contributed by atoms with Gasteiger partial charge in [-0.3, -0.25) is 0 Å². The van der Waals surface area contributed by atoms with E-state index in [0.717, 1.165) is 22.3 Å². The number of rotatable bonds is 11. The highest BCUT2D eigenvalue weighted by atomic mass is 14.2. The van der Waals surface area contributed by atoms with Crippen LogP contribution in [0.2, 0.25) is 0 Å². The van der Waals surface area contributed by atoms with Crippen LogP contribution < -0.4 is 0 Å². The van der Waals surface area contributed by atoms with Crippen LogP contribution in [-0.4, -0.2) is 0 Å². The average molecular weight is 621 g/mol. The van der Waals surface area contributed by atoms with E-state index in [4.69, 9.17) is 0 Å². The molecule has 0 heterocycles. The van der Waals surface area contributed by atoms with Gasteiger partial charge in [-0.15, -0.1) is 0 Å². The Balaban J connectivity index is 1.72. The summed E-state index contributed by atoms with van der Waals surface area (Å²) in [4.78, 5) is 0. The molecule has 236 valence electrons. The van der Waals surface area contributed by atoms with Crippen molar-refractivity contribution < 1.29 is 0 Å². The highest BCUT2D eigenvalue weighted by molar-refractivity contribution is 6.11. The van der Waals surface area contributed by atoms with E-state index in [1.165, 1.54) is 55.7 Å². The first-order valence-corrected chi connectivity index (χ1v) is 16.6. The van der Waals surface area contributed by atoms with Crippen molar-refractivity contribution in [2.24, 2.45) is 0 Å². The van der Waals surface area contributed by atoms with Gasteiger partial charge in [-0.25, -0.2) is 0 Å². The van der Waals surface area contributed by atoms with Crippen molar-refractivity contribution in [2.45, 2.75) is 27.7 Å². The Labute approximate surface area is 287 Å². The summed E-state index contributed by atoms with van der Waals surface area (Å²) in [6, 6.07) is 45.5. The maximum Gasteiger partial charge on any atom is -0.00990 e. The van der Waals surface area contributed by atoms with Gasteiger partial charge >= 0.3 is 0 Å². The van der Waals surface area contributed by atoms with Crippen molar-refractivity contribution in [2.75, 3.05) is 0 Å². The molecule has 0 aromatic heterocycles. The molecule has 48 heavy (non-hydrogen) atoms. The van der Waals surface area contributed by atoms with Gasteiger partial charge in [0.25, 0.3) is 0 Å². The zero-order valence-corrected chi connectivity index (χ0v) is 28.6. The molecule has 0 fully saturated rings. The zero-order valence-electron chi connectivity index (χ0n) is 28.6. The summed E-state index contributed by atoms with van der Waals surface area (Å²) in [5.41, 5.74) is 16.5. The minimum absolute atomic E-state index is 1.14. The summed E-state index contributed by atoms with van der Waals surface area (Å²) in [6.45, 7) is 16.7. The fourth-order valence-electron chi connectivity index (χ4n) is 6.51. The van der Waals surface area contributed by atoms with Crippen LogP contribution in [0, 0.1) is 0 Å². The van der Waals surface area contributed by atoms with E-state index in [9.17, 15) is 0 Å². The summed E-state index contributed by atoms with van der Waals surface area (Å²) in [5, 5.41) is 0. The molecule has 0 spiro atoms. The molecule has 0 aliphatic heterocycles. The second kappa shape index (κ2) is 16.2. The lowest BCUT2D eigenvalue weighted by Crippen LogP contribution is -1.99. The maximum absolute atomic E-state index is 4.11. The van der Waals surface area contributed by atoms with Crippen LogP contribution in [0.5, 0.6) is 0 Å². The van der Waals surface area contributed by atoms with Crippen molar-refractivity contribution in [3.8, 4) is 22.3 Å². The predicted octanol–water partition coefficient (Wildman–Crippen LogP) is 13.8. The lowest BCUT2D eigenvalue weighted by Gasteiger charge is -2.22. The Morgan fingerprint density at radius 1 is 0.396 bits per heavy atom. The Morgan fingerprint density at radius 3 is 1.27 bits per heavy atom. The zero-order chi connectivity index (χ0) is 33.9. The molecule has 0 aliphatic rings. The highest BCUT2D eigenvalue weighted by Gasteiger charge is 2.20. The SMILES string of the molecule is C=C/C=C(\C(=C/C)c1ccccc1-c1ccccc1-c1ccccc1C(=C/C=C)/C(=C\C)c1ccccc1)c1ccccc1/C(C)=C/C. The van der Waals surface area contributed by atoms with E-state index in [1.54, 1.807) is 0 Å². The lowest BCUT2D eigenvalue weighted by molar-refractivity contribution is 1.48. The molecule has 0 bridgehead atoms. The first-order valence-electron chi connectivity index (χ1n) is 16.6. The van der Waals surface area contributed by atoms with Crippen LogP contribution in [0.25, 0.3) is 50.1 Å². The monoisotopic (exact) mass is 620 g/mol. The topological polar surface area (TPSA) is 0 Å². The van der Waals surface area contributed by atoms with Crippen molar-refractivity contribution in [1.82, 2.24) is 0 Å². The maximum atomic E-state index is 4.11. The Morgan fingerprint density at radius 2 is 0.792 bits per heavy atom. The second-order valence-electron chi connectivity index (χ2n) is 11.6. The van der Waals surface area contributed by atoms with Gasteiger partial charge in [0.1, 0.15) is 0 Å².